The molecule has 0 radical (unpaired) electrons. The van der Waals surface area contributed by atoms with Gasteiger partial charge in [-0.2, -0.15) is 0 Å². The van der Waals surface area contributed by atoms with Crippen LogP contribution < -0.4 is 9.46 Å². The van der Waals surface area contributed by atoms with E-state index in [9.17, 15) is 13.5 Å². The number of hydrogen-bond donors (Lipinski definition) is 2. The van der Waals surface area contributed by atoms with Gasteiger partial charge in [0.1, 0.15) is 0 Å². The third kappa shape index (κ3) is 2.86. The van der Waals surface area contributed by atoms with Crippen LogP contribution >= 0.6 is 0 Å². The molecule has 0 heterocycles. The van der Waals surface area contributed by atoms with Gasteiger partial charge in [0, 0.05) is 12.1 Å². The van der Waals surface area contributed by atoms with Gasteiger partial charge in [0.2, 0.25) is 10.0 Å². The van der Waals surface area contributed by atoms with Crippen molar-refractivity contribution in [2.75, 3.05) is 7.11 Å². The highest BCUT2D eigenvalue weighted by Crippen LogP contribution is 2.28. The van der Waals surface area contributed by atoms with Crippen LogP contribution in [0.3, 0.4) is 0 Å². The fraction of sp³-hybridized carbons (Fsp3) is 0.400. The average Bonchev–Trinajstić information content (AvgIpc) is 2.15. The predicted molar refractivity (Wildman–Crippen MR) is 60.1 cm³/mol. The first-order valence-electron chi connectivity index (χ1n) is 4.76. The topological polar surface area (TPSA) is 75.6 Å². The maximum absolute atomic E-state index is 11.7. The summed E-state index contributed by atoms with van der Waals surface area (Å²) in [7, 11) is -2.17. The van der Waals surface area contributed by atoms with Crippen molar-refractivity contribution < 1.29 is 18.3 Å². The normalized spacial score (nSPS) is 11.8. The summed E-state index contributed by atoms with van der Waals surface area (Å²) in [5.74, 6) is 0.0395. The molecule has 16 heavy (non-hydrogen) atoms. The molecule has 0 aliphatic heterocycles. The van der Waals surface area contributed by atoms with Gasteiger partial charge in [-0.25, -0.2) is 13.1 Å². The molecule has 0 unspecified atom stereocenters. The Morgan fingerprint density at radius 2 is 2.00 bits per heavy atom. The zero-order valence-corrected chi connectivity index (χ0v) is 10.2. The minimum atomic E-state index is -3.57. The van der Waals surface area contributed by atoms with Crippen LogP contribution in [0.25, 0.3) is 0 Å². The van der Waals surface area contributed by atoms with E-state index in [0.717, 1.165) is 6.07 Å². The average molecular weight is 245 g/mol. The Balaban J connectivity index is 3.10. The fourth-order valence-electron chi connectivity index (χ4n) is 1.22. The van der Waals surface area contributed by atoms with Gasteiger partial charge in [-0.05, 0) is 26.0 Å². The second-order valence-electron chi connectivity index (χ2n) is 3.61. The van der Waals surface area contributed by atoms with Crippen molar-refractivity contribution in [1.82, 2.24) is 4.72 Å². The number of hydrogen-bond acceptors (Lipinski definition) is 4. The summed E-state index contributed by atoms with van der Waals surface area (Å²) in [5, 5.41) is 9.47. The van der Waals surface area contributed by atoms with Crippen molar-refractivity contribution in [3.8, 4) is 11.5 Å². The van der Waals surface area contributed by atoms with Crippen LogP contribution in [0, 0.1) is 0 Å². The number of rotatable bonds is 4. The molecule has 0 bridgehead atoms. The monoisotopic (exact) mass is 245 g/mol. The standard InChI is InChI=1S/C10H15NO4S/c1-7(2)11-16(13,14)8-4-5-10(15-3)9(12)6-8/h4-7,11-12H,1-3H3. The fourth-order valence-corrected chi connectivity index (χ4v) is 2.49. The van der Waals surface area contributed by atoms with E-state index < -0.39 is 10.0 Å². The number of sulfonamides is 1. The Morgan fingerprint density at radius 1 is 1.38 bits per heavy atom. The molecule has 0 amide bonds. The lowest BCUT2D eigenvalue weighted by atomic mass is 10.3. The SMILES string of the molecule is COc1ccc(S(=O)(=O)NC(C)C)cc1O. The third-order valence-corrected chi connectivity index (χ3v) is 3.51. The molecule has 1 aromatic rings. The summed E-state index contributed by atoms with van der Waals surface area (Å²) in [6, 6.07) is 3.74. The lowest BCUT2D eigenvalue weighted by Crippen LogP contribution is -2.30. The van der Waals surface area contributed by atoms with Crippen molar-refractivity contribution in [2.24, 2.45) is 0 Å². The third-order valence-electron chi connectivity index (χ3n) is 1.85. The van der Waals surface area contributed by atoms with E-state index in [1.807, 2.05) is 0 Å². The van der Waals surface area contributed by atoms with Gasteiger partial charge in [-0.15, -0.1) is 0 Å². The molecule has 0 atom stereocenters. The Hall–Kier alpha value is -1.27. The van der Waals surface area contributed by atoms with Crippen LogP contribution in [0.1, 0.15) is 13.8 Å². The number of benzene rings is 1. The second-order valence-corrected chi connectivity index (χ2v) is 5.32. The molecule has 0 aliphatic rings. The van der Waals surface area contributed by atoms with E-state index in [1.54, 1.807) is 13.8 Å². The Morgan fingerprint density at radius 3 is 2.44 bits per heavy atom. The molecule has 0 aromatic heterocycles. The number of aromatic hydroxyl groups is 1. The highest BCUT2D eigenvalue weighted by molar-refractivity contribution is 7.89. The molecular weight excluding hydrogens is 230 g/mol. The number of methoxy groups -OCH3 is 1. The van der Waals surface area contributed by atoms with Crippen molar-refractivity contribution in [1.29, 1.82) is 0 Å². The van der Waals surface area contributed by atoms with Gasteiger partial charge in [0.15, 0.2) is 11.5 Å². The van der Waals surface area contributed by atoms with Crippen LogP contribution in [-0.2, 0) is 10.0 Å². The summed E-state index contributed by atoms with van der Waals surface area (Å²) in [6.45, 7) is 3.45. The first-order valence-corrected chi connectivity index (χ1v) is 6.24. The van der Waals surface area contributed by atoms with Crippen molar-refractivity contribution in [2.45, 2.75) is 24.8 Å². The molecule has 5 nitrogen and oxygen atoms in total. The summed E-state index contributed by atoms with van der Waals surface area (Å²) >= 11 is 0. The Kier molecular flexibility index (Phi) is 3.77. The molecule has 0 saturated heterocycles. The van der Waals surface area contributed by atoms with Crippen LogP contribution in [-0.4, -0.2) is 26.7 Å². The van der Waals surface area contributed by atoms with Crippen LogP contribution in [0.2, 0.25) is 0 Å². The summed E-state index contributed by atoms with van der Waals surface area (Å²) in [6.07, 6.45) is 0. The number of nitrogens with one attached hydrogen (secondary N) is 1. The molecule has 0 fully saturated rings. The molecule has 6 heteroatoms. The molecule has 0 aliphatic carbocycles. The summed E-state index contributed by atoms with van der Waals surface area (Å²) in [4.78, 5) is 0.0134. The molecule has 1 aromatic carbocycles. The van der Waals surface area contributed by atoms with Gasteiger partial charge >= 0.3 is 0 Å². The quantitative estimate of drug-likeness (QED) is 0.832. The van der Waals surface area contributed by atoms with Gasteiger partial charge < -0.3 is 9.84 Å². The molecule has 1 rings (SSSR count). The zero-order valence-electron chi connectivity index (χ0n) is 9.39. The maximum atomic E-state index is 11.7. The minimum Gasteiger partial charge on any atom is -0.504 e. The van der Waals surface area contributed by atoms with Crippen LogP contribution in [0.5, 0.6) is 11.5 Å². The first kappa shape index (κ1) is 12.8. The van der Waals surface area contributed by atoms with Crippen molar-refractivity contribution in [3.05, 3.63) is 18.2 Å². The molecule has 90 valence electrons. The van der Waals surface area contributed by atoms with E-state index in [0.29, 0.717) is 0 Å². The summed E-state index contributed by atoms with van der Waals surface area (Å²) in [5.41, 5.74) is 0. The predicted octanol–water partition coefficient (Wildman–Crippen LogP) is 1.09. The molecule has 0 saturated carbocycles. The van der Waals surface area contributed by atoms with Crippen molar-refractivity contribution in [3.63, 3.8) is 0 Å². The van der Waals surface area contributed by atoms with E-state index in [-0.39, 0.29) is 22.4 Å². The smallest absolute Gasteiger partial charge is 0.240 e. The highest BCUT2D eigenvalue weighted by Gasteiger charge is 2.17. The Bertz CT molecular complexity index is 468. The first-order chi connectivity index (χ1) is 7.36. The zero-order chi connectivity index (χ0) is 12.3. The number of phenolic OH excluding ortho intramolecular Hbond substituents is 1. The van der Waals surface area contributed by atoms with Crippen LogP contribution in [0.4, 0.5) is 0 Å². The van der Waals surface area contributed by atoms with Gasteiger partial charge in [-0.1, -0.05) is 0 Å². The lowest BCUT2D eigenvalue weighted by Gasteiger charge is -2.10. The highest BCUT2D eigenvalue weighted by atomic mass is 32.2. The molecule has 2 N–H and O–H groups in total. The Labute approximate surface area is 95.1 Å². The molecule has 0 spiro atoms. The van der Waals surface area contributed by atoms with E-state index in [4.69, 9.17) is 4.74 Å². The number of phenols is 1. The summed E-state index contributed by atoms with van der Waals surface area (Å²) < 4.78 is 30.7. The van der Waals surface area contributed by atoms with Gasteiger partial charge in [-0.3, -0.25) is 0 Å². The number of ether oxygens (including phenoxy) is 1. The largest absolute Gasteiger partial charge is 0.504 e. The molecular formula is C10H15NO4S. The van der Waals surface area contributed by atoms with Gasteiger partial charge in [0.05, 0.1) is 12.0 Å². The van der Waals surface area contributed by atoms with Crippen molar-refractivity contribution >= 4 is 10.0 Å². The van der Waals surface area contributed by atoms with E-state index in [2.05, 4.69) is 4.72 Å². The lowest BCUT2D eigenvalue weighted by molar-refractivity contribution is 0.372. The minimum absolute atomic E-state index is 0.0134. The van der Waals surface area contributed by atoms with E-state index >= 15 is 0 Å². The van der Waals surface area contributed by atoms with Gasteiger partial charge in [0.25, 0.3) is 0 Å². The van der Waals surface area contributed by atoms with E-state index in [1.165, 1.54) is 19.2 Å². The van der Waals surface area contributed by atoms with Crippen LogP contribution in [0.15, 0.2) is 23.1 Å². The maximum Gasteiger partial charge on any atom is 0.240 e. The second kappa shape index (κ2) is 4.71.